The van der Waals surface area contributed by atoms with E-state index in [-0.39, 0.29) is 12.5 Å². The van der Waals surface area contributed by atoms with Crippen LogP contribution in [0.3, 0.4) is 0 Å². The fraction of sp³-hybridized carbons (Fsp3) is 0.533. The van der Waals surface area contributed by atoms with Crippen molar-refractivity contribution in [1.29, 1.82) is 0 Å². The van der Waals surface area contributed by atoms with Gasteiger partial charge in [0.2, 0.25) is 11.7 Å². The smallest absolute Gasteiger partial charge is 0.243 e. The summed E-state index contributed by atoms with van der Waals surface area (Å²) in [7, 11) is 4.82. The van der Waals surface area contributed by atoms with Crippen LogP contribution in [0.5, 0.6) is 17.2 Å². The molecule has 2 aliphatic rings. The van der Waals surface area contributed by atoms with Crippen LogP contribution in [-0.4, -0.2) is 53.8 Å². The topological polar surface area (TPSA) is 65.8 Å². The minimum atomic E-state index is 0.204. The Morgan fingerprint density at radius 2 is 1.43 bits per heavy atom. The van der Waals surface area contributed by atoms with Crippen molar-refractivity contribution in [3.63, 3.8) is 0 Å². The summed E-state index contributed by atoms with van der Waals surface area (Å²) in [5.74, 6) is 2.59. The van der Waals surface area contributed by atoms with E-state index in [9.17, 15) is 4.79 Å². The Hall–Kier alpha value is -3.22. The quantitative estimate of drug-likeness (QED) is 0.363. The van der Waals surface area contributed by atoms with Crippen LogP contribution in [0.25, 0.3) is 22.4 Å². The number of methoxy groups -OCH3 is 3. The molecule has 198 valence electrons. The zero-order valence-electron chi connectivity index (χ0n) is 22.4. The van der Waals surface area contributed by atoms with Crippen LogP contribution in [0, 0.1) is 0 Å². The standard InChI is InChI=1S/C30H39N3O4/c1-35-26-18-21(19-27(36-2)29(26)37-3)30-31-24-16-10-11-17-25(24)32(30)20-28(34)33(22-12-6-4-7-13-22)23-14-8-5-9-15-23/h10-11,16-19,22-23H,4-9,12-15,20H2,1-3H3. The van der Waals surface area contributed by atoms with E-state index in [4.69, 9.17) is 19.2 Å². The molecule has 1 heterocycles. The van der Waals surface area contributed by atoms with E-state index in [1.807, 2.05) is 36.4 Å². The van der Waals surface area contributed by atoms with Crippen LogP contribution in [0.4, 0.5) is 0 Å². The third-order valence-electron chi connectivity index (χ3n) is 8.10. The summed E-state index contributed by atoms with van der Waals surface area (Å²) in [4.78, 5) is 21.4. The molecule has 2 saturated carbocycles. The van der Waals surface area contributed by atoms with Gasteiger partial charge < -0.3 is 23.7 Å². The summed E-state index contributed by atoms with van der Waals surface area (Å²) in [6.45, 7) is 0.263. The molecular weight excluding hydrogens is 466 g/mol. The lowest BCUT2D eigenvalue weighted by Crippen LogP contribution is -2.50. The van der Waals surface area contributed by atoms with Gasteiger partial charge in [-0.15, -0.1) is 0 Å². The van der Waals surface area contributed by atoms with E-state index < -0.39 is 0 Å². The summed E-state index contributed by atoms with van der Waals surface area (Å²) in [5, 5.41) is 0. The lowest BCUT2D eigenvalue weighted by molar-refractivity contribution is -0.138. The van der Waals surface area contributed by atoms with Crippen molar-refractivity contribution in [2.24, 2.45) is 0 Å². The lowest BCUT2D eigenvalue weighted by Gasteiger charge is -2.42. The van der Waals surface area contributed by atoms with Crippen LogP contribution >= 0.6 is 0 Å². The zero-order chi connectivity index (χ0) is 25.8. The first kappa shape index (κ1) is 25.4. The monoisotopic (exact) mass is 505 g/mol. The van der Waals surface area contributed by atoms with Crippen molar-refractivity contribution in [3.05, 3.63) is 36.4 Å². The number of amides is 1. The average Bonchev–Trinajstić information content (AvgIpc) is 3.31. The Kier molecular flexibility index (Phi) is 7.87. The summed E-state index contributed by atoms with van der Waals surface area (Å²) in [6, 6.07) is 12.5. The van der Waals surface area contributed by atoms with Crippen molar-refractivity contribution in [3.8, 4) is 28.6 Å². The Balaban J connectivity index is 1.56. The lowest BCUT2D eigenvalue weighted by atomic mass is 9.88. The van der Waals surface area contributed by atoms with Crippen LogP contribution in [0.1, 0.15) is 64.2 Å². The molecule has 1 aromatic heterocycles. The van der Waals surface area contributed by atoms with E-state index in [1.165, 1.54) is 38.5 Å². The number of benzene rings is 2. The van der Waals surface area contributed by atoms with Gasteiger partial charge in [-0.1, -0.05) is 50.7 Å². The molecule has 0 spiro atoms. The third kappa shape index (κ3) is 5.13. The van der Waals surface area contributed by atoms with E-state index in [0.29, 0.717) is 29.3 Å². The summed E-state index contributed by atoms with van der Waals surface area (Å²) < 4.78 is 18.8. The Bertz CT molecular complexity index is 1180. The number of hydrogen-bond acceptors (Lipinski definition) is 5. The van der Waals surface area contributed by atoms with Crippen molar-refractivity contribution in [1.82, 2.24) is 14.5 Å². The van der Waals surface area contributed by atoms with E-state index in [2.05, 4.69) is 9.47 Å². The molecule has 0 saturated heterocycles. The van der Waals surface area contributed by atoms with Crippen molar-refractivity contribution < 1.29 is 19.0 Å². The molecule has 3 aromatic rings. The first-order valence-electron chi connectivity index (χ1n) is 13.7. The molecular formula is C30H39N3O4. The maximum absolute atomic E-state index is 14.2. The predicted octanol–water partition coefficient (Wildman–Crippen LogP) is 6.22. The molecule has 0 radical (unpaired) electrons. The summed E-state index contributed by atoms with van der Waals surface area (Å²) in [5.41, 5.74) is 2.63. The molecule has 2 fully saturated rings. The van der Waals surface area contributed by atoms with Gasteiger partial charge in [0.1, 0.15) is 12.4 Å². The number of imidazole rings is 1. The molecule has 0 aliphatic heterocycles. The normalized spacial score (nSPS) is 17.1. The second-order valence-corrected chi connectivity index (χ2v) is 10.3. The minimum Gasteiger partial charge on any atom is -0.493 e. The molecule has 7 nitrogen and oxygen atoms in total. The van der Waals surface area contributed by atoms with Gasteiger partial charge in [0.05, 0.1) is 32.4 Å². The van der Waals surface area contributed by atoms with Crippen molar-refractivity contribution in [2.45, 2.75) is 82.8 Å². The molecule has 0 bridgehead atoms. The molecule has 0 N–H and O–H groups in total. The molecule has 37 heavy (non-hydrogen) atoms. The van der Waals surface area contributed by atoms with Crippen LogP contribution < -0.4 is 14.2 Å². The molecule has 7 heteroatoms. The molecule has 2 aromatic carbocycles. The van der Waals surface area contributed by atoms with Gasteiger partial charge in [-0.2, -0.15) is 0 Å². The van der Waals surface area contributed by atoms with Gasteiger partial charge in [0, 0.05) is 17.6 Å². The first-order chi connectivity index (χ1) is 18.1. The number of aromatic nitrogens is 2. The summed E-state index contributed by atoms with van der Waals surface area (Å²) in [6.07, 6.45) is 11.9. The number of ether oxygens (including phenoxy) is 3. The van der Waals surface area contributed by atoms with E-state index in [1.54, 1.807) is 21.3 Å². The van der Waals surface area contributed by atoms with Gasteiger partial charge in [-0.05, 0) is 49.9 Å². The molecule has 5 rings (SSSR count). The van der Waals surface area contributed by atoms with Gasteiger partial charge >= 0.3 is 0 Å². The number of nitrogens with zero attached hydrogens (tertiary/aromatic N) is 3. The van der Waals surface area contributed by atoms with E-state index >= 15 is 0 Å². The molecule has 1 amide bonds. The predicted molar refractivity (Wildman–Crippen MR) is 145 cm³/mol. The van der Waals surface area contributed by atoms with Crippen LogP contribution in [0.15, 0.2) is 36.4 Å². The van der Waals surface area contributed by atoms with Gasteiger partial charge in [0.25, 0.3) is 0 Å². The summed E-state index contributed by atoms with van der Waals surface area (Å²) >= 11 is 0. The average molecular weight is 506 g/mol. The van der Waals surface area contributed by atoms with Crippen LogP contribution in [-0.2, 0) is 11.3 Å². The third-order valence-corrected chi connectivity index (χ3v) is 8.10. The van der Waals surface area contributed by atoms with Gasteiger partial charge in [-0.3, -0.25) is 4.79 Å². The number of hydrogen-bond donors (Lipinski definition) is 0. The van der Waals surface area contributed by atoms with Gasteiger partial charge in [-0.25, -0.2) is 4.98 Å². The van der Waals surface area contributed by atoms with Crippen molar-refractivity contribution in [2.75, 3.05) is 21.3 Å². The Morgan fingerprint density at radius 1 is 0.865 bits per heavy atom. The second kappa shape index (κ2) is 11.4. The maximum Gasteiger partial charge on any atom is 0.243 e. The van der Waals surface area contributed by atoms with Gasteiger partial charge in [0.15, 0.2) is 11.5 Å². The fourth-order valence-corrected chi connectivity index (χ4v) is 6.31. The highest BCUT2D eigenvalue weighted by Crippen LogP contribution is 2.41. The highest BCUT2D eigenvalue weighted by Gasteiger charge is 2.33. The van der Waals surface area contributed by atoms with Crippen molar-refractivity contribution >= 4 is 16.9 Å². The SMILES string of the molecule is COc1cc(-c2nc3ccccc3n2CC(=O)N(C2CCCCC2)C2CCCCC2)cc(OC)c1OC. The highest BCUT2D eigenvalue weighted by molar-refractivity contribution is 5.85. The number of rotatable bonds is 8. The Morgan fingerprint density at radius 3 is 1.97 bits per heavy atom. The van der Waals surface area contributed by atoms with E-state index in [0.717, 1.165) is 48.1 Å². The van der Waals surface area contributed by atoms with Crippen LogP contribution in [0.2, 0.25) is 0 Å². The second-order valence-electron chi connectivity index (χ2n) is 10.3. The number of para-hydroxylation sites is 2. The maximum atomic E-state index is 14.2. The zero-order valence-corrected chi connectivity index (χ0v) is 22.4. The fourth-order valence-electron chi connectivity index (χ4n) is 6.31. The molecule has 0 atom stereocenters. The minimum absolute atomic E-state index is 0.204. The molecule has 2 aliphatic carbocycles. The number of carbonyl (C=O) groups is 1. The first-order valence-corrected chi connectivity index (χ1v) is 13.7. The largest absolute Gasteiger partial charge is 0.493 e. The highest BCUT2D eigenvalue weighted by atomic mass is 16.5. The Labute approximate surface area is 219 Å². The molecule has 0 unspecified atom stereocenters. The number of carbonyl (C=O) groups excluding carboxylic acids is 1. The number of fused-ring (bicyclic) bond motifs is 1.